The van der Waals surface area contributed by atoms with E-state index in [2.05, 4.69) is 0 Å². The first-order valence-electron chi connectivity index (χ1n) is 3.75. The second kappa shape index (κ2) is 4.28. The van der Waals surface area contributed by atoms with Crippen molar-refractivity contribution in [3.05, 3.63) is 38.9 Å². The Morgan fingerprint density at radius 1 is 1.53 bits per heavy atom. The largest absolute Gasteiger partial charge is 0.778 e. The van der Waals surface area contributed by atoms with Crippen LogP contribution in [-0.4, -0.2) is 9.82 Å². The fourth-order valence-corrected chi connectivity index (χ4v) is 1.96. The highest BCUT2D eigenvalue weighted by Crippen LogP contribution is 2.36. The van der Waals surface area contributed by atoms with Gasteiger partial charge in [0.1, 0.15) is 12.6 Å². The predicted molar refractivity (Wildman–Crippen MR) is 51.6 cm³/mol. The number of nitro groups is 1. The molecule has 1 atom stereocenters. The van der Waals surface area contributed by atoms with Crippen molar-refractivity contribution < 1.29 is 19.3 Å². The third-order valence-corrected chi connectivity index (χ3v) is 2.66. The third kappa shape index (κ3) is 3.60. The lowest BCUT2D eigenvalue weighted by Crippen LogP contribution is -2.02. The van der Waals surface area contributed by atoms with Crippen molar-refractivity contribution in [1.29, 1.82) is 0 Å². The molecule has 1 aromatic carbocycles. The van der Waals surface area contributed by atoms with Crippen LogP contribution in [0.5, 0.6) is 0 Å². The maximum Gasteiger partial charge on any atom is 0.287 e. The van der Waals surface area contributed by atoms with Gasteiger partial charge in [-0.05, 0) is 11.6 Å². The van der Waals surface area contributed by atoms with Gasteiger partial charge in [0.15, 0.2) is 0 Å². The van der Waals surface area contributed by atoms with Crippen molar-refractivity contribution in [3.8, 4) is 0 Å². The van der Waals surface area contributed by atoms with Crippen molar-refractivity contribution in [2.24, 2.45) is 0 Å². The van der Waals surface area contributed by atoms with Crippen molar-refractivity contribution in [2.75, 3.05) is 0 Å². The van der Waals surface area contributed by atoms with E-state index in [0.717, 1.165) is 12.1 Å². The van der Waals surface area contributed by atoms with E-state index in [-0.39, 0.29) is 16.3 Å². The van der Waals surface area contributed by atoms with Crippen LogP contribution in [0.15, 0.2) is 18.2 Å². The van der Waals surface area contributed by atoms with E-state index >= 15 is 0 Å². The van der Waals surface area contributed by atoms with Gasteiger partial charge in [0.05, 0.1) is 4.92 Å². The summed E-state index contributed by atoms with van der Waals surface area (Å²) in [4.78, 5) is 28.8. The van der Waals surface area contributed by atoms with Crippen molar-refractivity contribution >= 4 is 24.9 Å². The monoisotopic (exact) mass is 250 g/mol. The van der Waals surface area contributed by atoms with Gasteiger partial charge in [-0.3, -0.25) is 10.1 Å². The zero-order valence-electron chi connectivity index (χ0n) is 7.29. The average Bonchev–Trinajstić information content (AvgIpc) is 1.99. The summed E-state index contributed by atoms with van der Waals surface area (Å²) in [6.45, 7) is 0. The van der Waals surface area contributed by atoms with Crippen molar-refractivity contribution in [3.63, 3.8) is 0 Å². The molecule has 0 fully saturated rings. The van der Waals surface area contributed by atoms with Gasteiger partial charge < -0.3 is 14.4 Å². The number of nitrogens with zero attached hydrogens (tertiary/aromatic N) is 1. The molecule has 0 radical (unpaired) electrons. The SMILES string of the molecule is O=[N+]([O-])c1ccc(CP(=O)([O-])O)cc1Cl. The first kappa shape index (κ1) is 12.1. The van der Waals surface area contributed by atoms with Crippen molar-refractivity contribution in [2.45, 2.75) is 6.16 Å². The first-order chi connectivity index (χ1) is 6.79. The molecule has 6 nitrogen and oxygen atoms in total. The Labute approximate surface area is 89.8 Å². The average molecular weight is 251 g/mol. The Kier molecular flexibility index (Phi) is 3.46. The van der Waals surface area contributed by atoms with Gasteiger partial charge in [0.25, 0.3) is 5.69 Å². The number of hydrogen-bond donors (Lipinski definition) is 1. The van der Waals surface area contributed by atoms with E-state index in [1.807, 2.05) is 0 Å². The Hall–Kier alpha value is -0.940. The highest BCUT2D eigenvalue weighted by molar-refractivity contribution is 7.49. The van der Waals surface area contributed by atoms with Crippen LogP contribution in [0.1, 0.15) is 5.56 Å². The van der Waals surface area contributed by atoms with Crippen LogP contribution in [0.4, 0.5) is 5.69 Å². The Morgan fingerprint density at radius 2 is 2.13 bits per heavy atom. The molecule has 1 N–H and O–H groups in total. The van der Waals surface area contributed by atoms with Gasteiger partial charge in [-0.25, -0.2) is 0 Å². The molecule has 15 heavy (non-hydrogen) atoms. The molecule has 0 bridgehead atoms. The van der Waals surface area contributed by atoms with Crippen LogP contribution in [0, 0.1) is 10.1 Å². The highest BCUT2D eigenvalue weighted by atomic mass is 35.5. The second-order valence-electron chi connectivity index (χ2n) is 2.84. The molecule has 1 aromatic rings. The molecular formula is C7H6ClNO5P-. The second-order valence-corrected chi connectivity index (χ2v) is 4.84. The predicted octanol–water partition coefficient (Wildman–Crippen LogP) is 1.29. The van der Waals surface area contributed by atoms with Gasteiger partial charge >= 0.3 is 0 Å². The molecule has 1 unspecified atom stereocenters. The van der Waals surface area contributed by atoms with E-state index in [1.165, 1.54) is 6.07 Å². The van der Waals surface area contributed by atoms with Gasteiger partial charge in [0.2, 0.25) is 0 Å². The quantitative estimate of drug-likeness (QED) is 0.494. The van der Waals surface area contributed by atoms with E-state index < -0.39 is 18.7 Å². The van der Waals surface area contributed by atoms with Gasteiger partial charge in [-0.2, -0.15) is 0 Å². The van der Waals surface area contributed by atoms with Crippen LogP contribution in [0.25, 0.3) is 0 Å². The Balaban J connectivity index is 3.02. The Bertz CT molecular complexity index is 443. The van der Waals surface area contributed by atoms with Crippen LogP contribution < -0.4 is 4.89 Å². The van der Waals surface area contributed by atoms with Crippen molar-refractivity contribution in [1.82, 2.24) is 0 Å². The lowest BCUT2D eigenvalue weighted by atomic mass is 10.2. The zero-order valence-corrected chi connectivity index (χ0v) is 8.94. The molecule has 82 valence electrons. The topological polar surface area (TPSA) is 104 Å². The van der Waals surface area contributed by atoms with Crippen LogP contribution >= 0.6 is 19.2 Å². The molecule has 0 heterocycles. The summed E-state index contributed by atoms with van der Waals surface area (Å²) in [5.41, 5.74) is -0.106. The number of halogens is 1. The highest BCUT2D eigenvalue weighted by Gasteiger charge is 2.13. The normalized spacial score (nSPS) is 14.6. The minimum Gasteiger partial charge on any atom is -0.778 e. The molecule has 0 aliphatic carbocycles. The van der Waals surface area contributed by atoms with E-state index in [4.69, 9.17) is 16.5 Å². The van der Waals surface area contributed by atoms with Crippen LogP contribution in [0.3, 0.4) is 0 Å². The number of benzene rings is 1. The van der Waals surface area contributed by atoms with E-state index in [9.17, 15) is 19.6 Å². The smallest absolute Gasteiger partial charge is 0.287 e. The molecule has 0 aliphatic heterocycles. The molecule has 0 amide bonds. The van der Waals surface area contributed by atoms with E-state index in [0.29, 0.717) is 0 Å². The van der Waals surface area contributed by atoms with Gasteiger partial charge in [-0.1, -0.05) is 17.7 Å². The molecule has 1 rings (SSSR count). The molecular weight excluding hydrogens is 245 g/mol. The zero-order chi connectivity index (χ0) is 11.6. The molecule has 0 aromatic heterocycles. The molecule has 0 saturated carbocycles. The maximum absolute atomic E-state index is 10.5. The molecule has 0 saturated heterocycles. The summed E-state index contributed by atoms with van der Waals surface area (Å²) in [5, 5.41) is 10.2. The molecule has 8 heteroatoms. The fraction of sp³-hybridized carbons (Fsp3) is 0.143. The lowest BCUT2D eigenvalue weighted by molar-refractivity contribution is -0.384. The number of hydrogen-bond acceptors (Lipinski definition) is 4. The fourth-order valence-electron chi connectivity index (χ4n) is 1.03. The summed E-state index contributed by atoms with van der Waals surface area (Å²) >= 11 is 5.54. The van der Waals surface area contributed by atoms with Crippen LogP contribution in [-0.2, 0) is 10.7 Å². The standard InChI is InChI=1S/C7H7ClNO5P/c8-6-3-5(4-15(12,13)14)1-2-7(6)9(10)11/h1-3H,4H2,(H2,12,13,14)/p-1. The molecule has 0 aliphatic rings. The lowest BCUT2D eigenvalue weighted by Gasteiger charge is -2.15. The minimum absolute atomic E-state index is 0.161. The maximum atomic E-state index is 10.5. The van der Waals surface area contributed by atoms with Crippen LogP contribution in [0.2, 0.25) is 5.02 Å². The summed E-state index contributed by atoms with van der Waals surface area (Å²) in [6, 6.07) is 3.46. The summed E-state index contributed by atoms with van der Waals surface area (Å²) in [6.07, 6.45) is -0.593. The summed E-state index contributed by atoms with van der Waals surface area (Å²) < 4.78 is 10.5. The summed E-state index contributed by atoms with van der Waals surface area (Å²) in [7, 11) is -4.42. The summed E-state index contributed by atoms with van der Waals surface area (Å²) in [5.74, 6) is 0. The Morgan fingerprint density at radius 3 is 2.53 bits per heavy atom. The molecule has 0 spiro atoms. The third-order valence-electron chi connectivity index (χ3n) is 1.59. The van der Waals surface area contributed by atoms with Gasteiger partial charge in [-0.15, -0.1) is 0 Å². The van der Waals surface area contributed by atoms with Gasteiger partial charge in [0, 0.05) is 12.2 Å². The first-order valence-corrected chi connectivity index (χ1v) is 5.89. The number of nitro benzene ring substituents is 1. The minimum atomic E-state index is -4.42. The van der Waals surface area contributed by atoms with E-state index in [1.54, 1.807) is 0 Å². The number of rotatable bonds is 3.